The molecule has 1 aromatic heterocycles. The Morgan fingerprint density at radius 3 is 2.50 bits per heavy atom. The summed E-state index contributed by atoms with van der Waals surface area (Å²) in [6, 6.07) is 15.0. The number of likely N-dealkylation sites (tertiary alicyclic amines) is 1. The van der Waals surface area contributed by atoms with Crippen molar-refractivity contribution in [1.82, 2.24) is 20.0 Å². The lowest BCUT2D eigenvalue weighted by atomic mass is 10.0. The van der Waals surface area contributed by atoms with Crippen LogP contribution in [0.3, 0.4) is 0 Å². The molecule has 200 valence electrons. The number of benzene rings is 2. The molecule has 1 saturated heterocycles. The molecule has 2 N–H and O–H groups in total. The quantitative estimate of drug-likeness (QED) is 0.501. The Morgan fingerprint density at radius 1 is 1.05 bits per heavy atom. The van der Waals surface area contributed by atoms with E-state index in [0.29, 0.717) is 42.9 Å². The molecule has 0 bridgehead atoms. The second kappa shape index (κ2) is 11.5. The molecule has 0 radical (unpaired) electrons. The normalized spacial score (nSPS) is 14.2. The van der Waals surface area contributed by atoms with Crippen molar-refractivity contribution < 1.29 is 19.1 Å². The third kappa shape index (κ3) is 7.44. The van der Waals surface area contributed by atoms with Crippen LogP contribution in [0.4, 0.5) is 10.5 Å². The van der Waals surface area contributed by atoms with Crippen LogP contribution < -0.4 is 10.6 Å². The average Bonchev–Trinajstić information content (AvgIpc) is 3.32. The molecule has 9 heteroatoms. The van der Waals surface area contributed by atoms with Gasteiger partial charge in [0, 0.05) is 24.7 Å². The van der Waals surface area contributed by atoms with Gasteiger partial charge in [0.25, 0.3) is 5.91 Å². The summed E-state index contributed by atoms with van der Waals surface area (Å²) in [7, 11) is 0. The van der Waals surface area contributed by atoms with Crippen LogP contribution in [0.15, 0.2) is 60.9 Å². The summed E-state index contributed by atoms with van der Waals surface area (Å²) in [6.07, 6.45) is 4.58. The van der Waals surface area contributed by atoms with Crippen LogP contribution in [0.25, 0.3) is 5.69 Å². The second-order valence-corrected chi connectivity index (χ2v) is 10.7. The smallest absolute Gasteiger partial charge is 0.410 e. The Morgan fingerprint density at radius 2 is 1.79 bits per heavy atom. The van der Waals surface area contributed by atoms with E-state index >= 15 is 0 Å². The molecule has 0 aliphatic carbocycles. The molecule has 3 aromatic rings. The number of ether oxygens (including phenoxy) is 1. The van der Waals surface area contributed by atoms with E-state index < -0.39 is 5.60 Å². The van der Waals surface area contributed by atoms with E-state index in [2.05, 4.69) is 15.7 Å². The zero-order valence-corrected chi connectivity index (χ0v) is 22.4. The molecular formula is C29H35N5O4. The zero-order valence-electron chi connectivity index (χ0n) is 22.4. The fraction of sp³-hybridized carbons (Fsp3) is 0.379. The van der Waals surface area contributed by atoms with Gasteiger partial charge in [-0.15, -0.1) is 0 Å². The molecule has 2 aromatic carbocycles. The molecule has 0 atom stereocenters. The van der Waals surface area contributed by atoms with Gasteiger partial charge in [-0.05, 0) is 64.3 Å². The van der Waals surface area contributed by atoms with Crippen LogP contribution >= 0.6 is 0 Å². The maximum Gasteiger partial charge on any atom is 0.410 e. The van der Waals surface area contributed by atoms with Gasteiger partial charge in [0.1, 0.15) is 5.60 Å². The van der Waals surface area contributed by atoms with Gasteiger partial charge >= 0.3 is 6.09 Å². The minimum atomic E-state index is -0.532. The van der Waals surface area contributed by atoms with Gasteiger partial charge in [0.2, 0.25) is 5.91 Å². The topological polar surface area (TPSA) is 106 Å². The van der Waals surface area contributed by atoms with E-state index in [4.69, 9.17) is 4.74 Å². The highest BCUT2D eigenvalue weighted by molar-refractivity contribution is 5.95. The first-order chi connectivity index (χ1) is 18.1. The first-order valence-corrected chi connectivity index (χ1v) is 12.8. The fourth-order valence-electron chi connectivity index (χ4n) is 4.33. The maximum atomic E-state index is 12.9. The summed E-state index contributed by atoms with van der Waals surface area (Å²) in [6.45, 7) is 8.60. The Kier molecular flexibility index (Phi) is 8.14. The van der Waals surface area contributed by atoms with Crippen LogP contribution in [0.1, 0.15) is 55.1 Å². The van der Waals surface area contributed by atoms with Gasteiger partial charge in [0.15, 0.2) is 0 Å². The average molecular weight is 518 g/mol. The number of piperidine rings is 1. The number of hydrogen-bond acceptors (Lipinski definition) is 5. The molecule has 1 fully saturated rings. The first-order valence-electron chi connectivity index (χ1n) is 12.8. The number of amides is 3. The van der Waals surface area contributed by atoms with E-state index in [-0.39, 0.29) is 30.4 Å². The summed E-state index contributed by atoms with van der Waals surface area (Å²) < 4.78 is 7.06. The highest BCUT2D eigenvalue weighted by Crippen LogP contribution is 2.18. The van der Waals surface area contributed by atoms with Gasteiger partial charge in [-0.1, -0.05) is 35.9 Å². The number of carbonyl (C=O) groups is 3. The number of rotatable bonds is 6. The molecule has 3 amide bonds. The van der Waals surface area contributed by atoms with E-state index in [1.54, 1.807) is 40.2 Å². The maximum absolute atomic E-state index is 12.9. The van der Waals surface area contributed by atoms with Gasteiger partial charge in [-0.3, -0.25) is 9.59 Å². The fourth-order valence-corrected chi connectivity index (χ4v) is 4.33. The van der Waals surface area contributed by atoms with Crippen molar-refractivity contribution in [2.75, 3.05) is 18.4 Å². The summed E-state index contributed by atoms with van der Waals surface area (Å²) in [5.74, 6) is -0.303. The molecule has 9 nitrogen and oxygen atoms in total. The highest BCUT2D eigenvalue weighted by atomic mass is 16.6. The number of anilines is 1. The summed E-state index contributed by atoms with van der Waals surface area (Å²) in [5.41, 5.74) is 3.32. The van der Waals surface area contributed by atoms with Crippen molar-refractivity contribution in [3.8, 4) is 5.69 Å². The summed E-state index contributed by atoms with van der Waals surface area (Å²) in [5, 5.41) is 10.3. The monoisotopic (exact) mass is 517 g/mol. The van der Waals surface area contributed by atoms with Crippen molar-refractivity contribution in [2.45, 2.75) is 58.6 Å². The zero-order chi connectivity index (χ0) is 27.3. The molecule has 0 unspecified atom stereocenters. The van der Waals surface area contributed by atoms with Crippen molar-refractivity contribution in [3.63, 3.8) is 0 Å². The number of aromatic nitrogens is 2. The third-order valence-electron chi connectivity index (χ3n) is 6.17. The second-order valence-electron chi connectivity index (χ2n) is 10.7. The SMILES string of the molecule is Cc1cccc(CC(=O)Nc2cnn(-c3cccc(C(=O)NC4CCN(C(=O)OC(C)(C)C)CC4)c3)c2)c1. The van der Waals surface area contributed by atoms with E-state index in [0.717, 1.165) is 11.1 Å². The molecular weight excluding hydrogens is 482 g/mol. The van der Waals surface area contributed by atoms with Crippen molar-refractivity contribution in [2.24, 2.45) is 0 Å². The lowest BCUT2D eigenvalue weighted by Crippen LogP contribution is -2.47. The summed E-state index contributed by atoms with van der Waals surface area (Å²) >= 11 is 0. The largest absolute Gasteiger partial charge is 0.444 e. The van der Waals surface area contributed by atoms with Gasteiger partial charge in [0.05, 0.1) is 30.2 Å². The molecule has 4 rings (SSSR count). The van der Waals surface area contributed by atoms with Crippen LogP contribution in [0.5, 0.6) is 0 Å². The van der Waals surface area contributed by atoms with Gasteiger partial charge < -0.3 is 20.3 Å². The van der Waals surface area contributed by atoms with Gasteiger partial charge in [-0.2, -0.15) is 5.10 Å². The van der Waals surface area contributed by atoms with E-state index in [1.807, 2.05) is 58.0 Å². The Labute approximate surface area is 223 Å². The third-order valence-corrected chi connectivity index (χ3v) is 6.17. The molecule has 1 aliphatic rings. The van der Waals surface area contributed by atoms with Crippen molar-refractivity contribution in [1.29, 1.82) is 0 Å². The predicted molar refractivity (Wildman–Crippen MR) is 145 cm³/mol. The standard InChI is InChI=1S/C29H35N5O4/c1-20-7-5-8-21(15-20)16-26(35)31-24-18-30-34(19-24)25-10-6-9-22(17-25)27(36)32-23-11-13-33(14-12-23)28(37)38-29(2,3)4/h5-10,15,17-19,23H,11-14,16H2,1-4H3,(H,31,35)(H,32,36). The molecule has 2 heterocycles. The molecule has 1 aliphatic heterocycles. The number of aryl methyl sites for hydroxylation is 1. The lowest BCUT2D eigenvalue weighted by molar-refractivity contribution is -0.115. The lowest BCUT2D eigenvalue weighted by Gasteiger charge is -2.33. The number of carbonyl (C=O) groups excluding carboxylic acids is 3. The molecule has 0 spiro atoms. The Balaban J connectivity index is 1.31. The Hall–Kier alpha value is -4.14. The number of nitrogens with zero attached hydrogens (tertiary/aromatic N) is 3. The Bertz CT molecular complexity index is 1300. The van der Waals surface area contributed by atoms with Gasteiger partial charge in [-0.25, -0.2) is 9.48 Å². The summed E-state index contributed by atoms with van der Waals surface area (Å²) in [4.78, 5) is 39.4. The van der Waals surface area contributed by atoms with Crippen molar-refractivity contribution in [3.05, 3.63) is 77.6 Å². The van der Waals surface area contributed by atoms with E-state index in [9.17, 15) is 14.4 Å². The number of hydrogen-bond donors (Lipinski definition) is 2. The molecule has 0 saturated carbocycles. The van der Waals surface area contributed by atoms with Crippen molar-refractivity contribution >= 4 is 23.6 Å². The highest BCUT2D eigenvalue weighted by Gasteiger charge is 2.27. The van der Waals surface area contributed by atoms with Crippen LogP contribution in [-0.4, -0.2) is 57.3 Å². The van der Waals surface area contributed by atoms with Crippen LogP contribution in [-0.2, 0) is 16.0 Å². The minimum absolute atomic E-state index is 0.0234. The van der Waals surface area contributed by atoms with E-state index in [1.165, 1.54) is 0 Å². The number of nitrogens with one attached hydrogen (secondary N) is 2. The first kappa shape index (κ1) is 26.9. The molecule has 38 heavy (non-hydrogen) atoms. The predicted octanol–water partition coefficient (Wildman–Crippen LogP) is 4.49. The van der Waals surface area contributed by atoms with Crippen LogP contribution in [0, 0.1) is 6.92 Å². The minimum Gasteiger partial charge on any atom is -0.444 e. The van der Waals surface area contributed by atoms with Crippen LogP contribution in [0.2, 0.25) is 0 Å².